The van der Waals surface area contributed by atoms with Crippen LogP contribution in [-0.4, -0.2) is 18.7 Å². The number of ketones is 1. The van der Waals surface area contributed by atoms with Gasteiger partial charge in [-0.05, 0) is 18.3 Å². The van der Waals surface area contributed by atoms with E-state index < -0.39 is 5.41 Å². The molecule has 2 fully saturated rings. The summed E-state index contributed by atoms with van der Waals surface area (Å²) in [5.41, 5.74) is -0.954. The van der Waals surface area contributed by atoms with Gasteiger partial charge in [0.15, 0.2) is 0 Å². The summed E-state index contributed by atoms with van der Waals surface area (Å²) in [7, 11) is 1.66. The third-order valence-electron chi connectivity index (χ3n) is 5.37. The molecule has 0 spiro atoms. The van der Waals surface area contributed by atoms with Gasteiger partial charge in [-0.15, -0.1) is 0 Å². The molecule has 3 nitrogen and oxygen atoms in total. The number of rotatable bonds is 1. The Morgan fingerprint density at radius 2 is 1.87 bits per heavy atom. The van der Waals surface area contributed by atoms with E-state index in [4.69, 9.17) is 0 Å². The first kappa shape index (κ1) is 10.7. The average molecular weight is 209 g/mol. The van der Waals surface area contributed by atoms with Gasteiger partial charge in [0.05, 0.1) is 5.41 Å². The van der Waals surface area contributed by atoms with Crippen LogP contribution in [0.2, 0.25) is 0 Å². The van der Waals surface area contributed by atoms with Gasteiger partial charge in [0.1, 0.15) is 5.78 Å². The quantitative estimate of drug-likeness (QED) is 0.711. The van der Waals surface area contributed by atoms with E-state index in [0.29, 0.717) is 6.42 Å². The second-order valence-electron chi connectivity index (χ2n) is 5.72. The van der Waals surface area contributed by atoms with Crippen molar-refractivity contribution in [1.82, 2.24) is 5.32 Å². The lowest BCUT2D eigenvalue weighted by molar-refractivity contribution is -0.136. The maximum Gasteiger partial charge on any atom is 0.226 e. The van der Waals surface area contributed by atoms with E-state index >= 15 is 0 Å². The molecule has 0 aromatic heterocycles. The van der Waals surface area contributed by atoms with E-state index in [0.717, 1.165) is 12.8 Å². The molecule has 0 aromatic rings. The smallest absolute Gasteiger partial charge is 0.226 e. The fourth-order valence-corrected chi connectivity index (χ4v) is 3.60. The second kappa shape index (κ2) is 2.63. The number of carbonyl (C=O) groups excluding carboxylic acids is 2. The minimum absolute atomic E-state index is 0.0436. The first-order valence-corrected chi connectivity index (χ1v) is 5.57. The highest BCUT2D eigenvalue weighted by molar-refractivity contribution is 5.99. The van der Waals surface area contributed by atoms with Gasteiger partial charge < -0.3 is 5.32 Å². The van der Waals surface area contributed by atoms with E-state index in [1.165, 1.54) is 0 Å². The van der Waals surface area contributed by atoms with Gasteiger partial charge in [-0.25, -0.2) is 0 Å². The molecular formula is C12H19NO2. The minimum atomic E-state index is -0.451. The average Bonchev–Trinajstić information content (AvgIpc) is 2.47. The summed E-state index contributed by atoms with van der Waals surface area (Å²) >= 11 is 0. The Kier molecular flexibility index (Phi) is 1.87. The van der Waals surface area contributed by atoms with Crippen LogP contribution in [-0.2, 0) is 9.59 Å². The Balaban J connectivity index is 2.54. The lowest BCUT2D eigenvalue weighted by Gasteiger charge is -2.38. The zero-order valence-electron chi connectivity index (χ0n) is 9.94. The fraction of sp³-hybridized carbons (Fsp3) is 0.833. The molecule has 0 saturated heterocycles. The van der Waals surface area contributed by atoms with Crippen LogP contribution in [0.25, 0.3) is 0 Å². The molecule has 2 atom stereocenters. The third kappa shape index (κ3) is 0.876. The van der Waals surface area contributed by atoms with Gasteiger partial charge in [-0.3, -0.25) is 9.59 Å². The van der Waals surface area contributed by atoms with E-state index in [-0.39, 0.29) is 22.5 Å². The van der Waals surface area contributed by atoms with Gasteiger partial charge >= 0.3 is 0 Å². The van der Waals surface area contributed by atoms with E-state index in [2.05, 4.69) is 19.2 Å². The Bertz CT molecular complexity index is 348. The molecule has 2 bridgehead atoms. The lowest BCUT2D eigenvalue weighted by atomic mass is 9.64. The molecule has 0 aromatic carbocycles. The van der Waals surface area contributed by atoms with Crippen molar-refractivity contribution in [3.05, 3.63) is 0 Å². The Morgan fingerprint density at radius 1 is 1.27 bits per heavy atom. The van der Waals surface area contributed by atoms with Crippen LogP contribution in [0.3, 0.4) is 0 Å². The van der Waals surface area contributed by atoms with Crippen LogP contribution in [0.5, 0.6) is 0 Å². The number of hydrogen-bond donors (Lipinski definition) is 1. The van der Waals surface area contributed by atoms with Crippen molar-refractivity contribution in [2.24, 2.45) is 16.2 Å². The Morgan fingerprint density at radius 3 is 2.20 bits per heavy atom. The first-order valence-electron chi connectivity index (χ1n) is 5.57. The normalized spacial score (nSPS) is 42.0. The van der Waals surface area contributed by atoms with Crippen molar-refractivity contribution < 1.29 is 9.59 Å². The SMILES string of the molecule is CNC(=O)[C@@]12CC[C@@](C)(C(=O)C1)C2(C)C. The second-order valence-corrected chi connectivity index (χ2v) is 5.72. The van der Waals surface area contributed by atoms with Crippen molar-refractivity contribution in [1.29, 1.82) is 0 Å². The summed E-state index contributed by atoms with van der Waals surface area (Å²) in [5, 5.41) is 2.73. The van der Waals surface area contributed by atoms with Gasteiger partial charge in [0.2, 0.25) is 5.91 Å². The van der Waals surface area contributed by atoms with Crippen LogP contribution < -0.4 is 5.32 Å². The van der Waals surface area contributed by atoms with E-state index in [9.17, 15) is 9.59 Å². The highest BCUT2D eigenvalue weighted by Crippen LogP contribution is 2.70. The van der Waals surface area contributed by atoms with E-state index in [1.54, 1.807) is 7.05 Å². The summed E-state index contributed by atoms with van der Waals surface area (Å²) in [6.07, 6.45) is 2.13. The standard InChI is InChI=1S/C12H19NO2/c1-10(2)11(3)5-6-12(10,7-8(11)14)9(15)13-4/h5-7H2,1-4H3,(H,13,15)/t11-,12+/m0/s1. The van der Waals surface area contributed by atoms with Crippen molar-refractivity contribution in [3.8, 4) is 0 Å². The summed E-state index contributed by atoms with van der Waals surface area (Å²) < 4.78 is 0. The maximum absolute atomic E-state index is 12.0. The van der Waals surface area contributed by atoms with Gasteiger partial charge in [-0.1, -0.05) is 20.8 Å². The zero-order chi connectivity index (χ0) is 11.5. The molecule has 2 saturated carbocycles. The van der Waals surface area contributed by atoms with Crippen LogP contribution in [0, 0.1) is 16.2 Å². The number of carbonyl (C=O) groups is 2. The summed E-state index contributed by atoms with van der Waals surface area (Å²) in [6, 6.07) is 0. The minimum Gasteiger partial charge on any atom is -0.359 e. The first-order chi connectivity index (χ1) is 6.82. The molecule has 0 unspecified atom stereocenters. The highest BCUT2D eigenvalue weighted by atomic mass is 16.2. The summed E-state index contributed by atoms with van der Waals surface area (Å²) in [4.78, 5) is 24.1. The molecule has 0 radical (unpaired) electrons. The molecule has 84 valence electrons. The number of hydrogen-bond acceptors (Lipinski definition) is 2. The molecule has 2 rings (SSSR count). The molecule has 1 amide bonds. The molecule has 2 aliphatic rings. The maximum atomic E-state index is 12.0. The van der Waals surface area contributed by atoms with Crippen LogP contribution >= 0.6 is 0 Å². The topological polar surface area (TPSA) is 46.2 Å². The van der Waals surface area contributed by atoms with Crippen molar-refractivity contribution in [2.75, 3.05) is 7.05 Å². The molecule has 15 heavy (non-hydrogen) atoms. The number of amides is 1. The third-order valence-corrected chi connectivity index (χ3v) is 5.37. The van der Waals surface area contributed by atoms with Crippen LogP contribution in [0.4, 0.5) is 0 Å². The Labute approximate surface area is 90.6 Å². The fourth-order valence-electron chi connectivity index (χ4n) is 3.60. The molecule has 0 aliphatic heterocycles. The molecule has 0 heterocycles. The number of fused-ring (bicyclic) bond motifs is 2. The van der Waals surface area contributed by atoms with Gasteiger partial charge in [-0.2, -0.15) is 0 Å². The zero-order valence-corrected chi connectivity index (χ0v) is 9.94. The molecule has 3 heteroatoms. The summed E-state index contributed by atoms with van der Waals surface area (Å²) in [6.45, 7) is 6.16. The van der Waals surface area contributed by atoms with Crippen LogP contribution in [0.15, 0.2) is 0 Å². The molecular weight excluding hydrogens is 190 g/mol. The lowest BCUT2D eigenvalue weighted by Crippen LogP contribution is -2.45. The highest BCUT2D eigenvalue weighted by Gasteiger charge is 2.72. The van der Waals surface area contributed by atoms with Gasteiger partial charge in [0, 0.05) is 18.9 Å². The Hall–Kier alpha value is -0.860. The van der Waals surface area contributed by atoms with Gasteiger partial charge in [0.25, 0.3) is 0 Å². The predicted molar refractivity (Wildman–Crippen MR) is 57.2 cm³/mol. The van der Waals surface area contributed by atoms with Crippen molar-refractivity contribution in [2.45, 2.75) is 40.0 Å². The molecule has 2 aliphatic carbocycles. The number of nitrogens with one attached hydrogen (secondary N) is 1. The van der Waals surface area contributed by atoms with E-state index in [1.807, 2.05) is 6.92 Å². The summed E-state index contributed by atoms with van der Waals surface area (Å²) in [5.74, 6) is 0.310. The predicted octanol–water partition coefficient (Wildman–Crippen LogP) is 1.52. The monoisotopic (exact) mass is 209 g/mol. The van der Waals surface area contributed by atoms with Crippen molar-refractivity contribution >= 4 is 11.7 Å². The largest absolute Gasteiger partial charge is 0.359 e. The molecule has 1 N–H and O–H groups in total. The van der Waals surface area contributed by atoms with Crippen LogP contribution in [0.1, 0.15) is 40.0 Å². The number of Topliss-reactive ketones (excluding diaryl/α,β-unsaturated/α-hetero) is 1. The van der Waals surface area contributed by atoms with Crippen molar-refractivity contribution in [3.63, 3.8) is 0 Å².